The van der Waals surface area contributed by atoms with Crippen molar-refractivity contribution in [3.8, 4) is 0 Å². The molecule has 0 amide bonds. The molecule has 0 aromatic rings. The number of rotatable bonds is 2. The predicted octanol–water partition coefficient (Wildman–Crippen LogP) is 2.99. The molecule has 0 N–H and O–H groups in total. The van der Waals surface area contributed by atoms with Gasteiger partial charge in [-0.3, -0.25) is 0 Å². The fraction of sp³-hybridized carbons (Fsp3) is 0.538. The van der Waals surface area contributed by atoms with Crippen LogP contribution in [-0.4, -0.2) is 32.0 Å². The largest absolute Gasteiger partial charge is 0.395 e. The Labute approximate surface area is 116 Å². The number of hydrogen-bond donors (Lipinski definition) is 0. The molecule has 1 atom stereocenters. The third-order valence-electron chi connectivity index (χ3n) is 3.57. The molecule has 1 saturated heterocycles. The Morgan fingerprint density at radius 1 is 1.25 bits per heavy atom. The lowest BCUT2D eigenvalue weighted by molar-refractivity contribution is -0.160. The van der Waals surface area contributed by atoms with Crippen LogP contribution in [0.25, 0.3) is 0 Å². The first-order valence-corrected chi connectivity index (χ1v) is 7.76. The van der Waals surface area contributed by atoms with E-state index in [1.807, 2.05) is 0 Å². The minimum Gasteiger partial charge on any atom is -0.207 e. The number of halogens is 3. The van der Waals surface area contributed by atoms with Crippen LogP contribution in [-0.2, 0) is 10.0 Å². The highest BCUT2D eigenvalue weighted by Crippen LogP contribution is 2.37. The van der Waals surface area contributed by atoms with E-state index in [0.717, 1.165) is 11.6 Å². The maximum absolute atomic E-state index is 12.7. The van der Waals surface area contributed by atoms with E-state index in [1.165, 1.54) is 16.5 Å². The molecular weight excluding hydrogens is 291 g/mol. The van der Waals surface area contributed by atoms with Crippen molar-refractivity contribution in [1.82, 2.24) is 4.31 Å². The molecule has 20 heavy (non-hydrogen) atoms. The molecule has 0 spiro atoms. The fourth-order valence-electron chi connectivity index (χ4n) is 2.27. The van der Waals surface area contributed by atoms with Gasteiger partial charge in [0.2, 0.25) is 10.0 Å². The van der Waals surface area contributed by atoms with Gasteiger partial charge in [0, 0.05) is 13.1 Å². The van der Waals surface area contributed by atoms with Gasteiger partial charge in [-0.15, -0.1) is 0 Å². The predicted molar refractivity (Wildman–Crippen MR) is 70.3 cm³/mol. The Morgan fingerprint density at radius 2 is 1.85 bits per heavy atom. The summed E-state index contributed by atoms with van der Waals surface area (Å²) < 4.78 is 64.0. The molecule has 3 nitrogen and oxygen atoms in total. The van der Waals surface area contributed by atoms with Gasteiger partial charge in [-0.1, -0.05) is 24.3 Å². The van der Waals surface area contributed by atoms with Crippen molar-refractivity contribution in [3.63, 3.8) is 0 Å². The third kappa shape index (κ3) is 3.15. The molecule has 112 valence electrons. The van der Waals surface area contributed by atoms with Gasteiger partial charge in [0.15, 0.2) is 0 Å². The highest BCUT2D eigenvalue weighted by Gasteiger charge is 2.41. The standard InChI is InChI=1S/C13H16F3NO2S/c1-10-5-7-17(8-6-10)20(18,19)12-4-2-3-11(9-12)13(14,15)16/h2-4,11H,1,5-9H2. The van der Waals surface area contributed by atoms with Crippen molar-refractivity contribution >= 4 is 10.0 Å². The summed E-state index contributed by atoms with van der Waals surface area (Å²) >= 11 is 0. The third-order valence-corrected chi connectivity index (χ3v) is 5.58. The van der Waals surface area contributed by atoms with E-state index >= 15 is 0 Å². The summed E-state index contributed by atoms with van der Waals surface area (Å²) in [7, 11) is -3.80. The minimum atomic E-state index is -4.41. The van der Waals surface area contributed by atoms with Crippen molar-refractivity contribution in [2.24, 2.45) is 5.92 Å². The molecule has 1 aliphatic carbocycles. The Kier molecular flexibility index (Phi) is 4.11. The van der Waals surface area contributed by atoms with Gasteiger partial charge >= 0.3 is 6.18 Å². The maximum atomic E-state index is 12.7. The van der Waals surface area contributed by atoms with Crippen LogP contribution in [0.4, 0.5) is 13.2 Å². The van der Waals surface area contributed by atoms with E-state index in [9.17, 15) is 21.6 Å². The van der Waals surface area contributed by atoms with Crippen molar-refractivity contribution in [3.05, 3.63) is 35.3 Å². The van der Waals surface area contributed by atoms with Crippen LogP contribution < -0.4 is 0 Å². The molecule has 0 radical (unpaired) electrons. The summed E-state index contributed by atoms with van der Waals surface area (Å²) in [4.78, 5) is -0.158. The minimum absolute atomic E-state index is 0.158. The van der Waals surface area contributed by atoms with E-state index in [-0.39, 0.29) is 4.91 Å². The zero-order valence-electron chi connectivity index (χ0n) is 10.9. The first-order valence-electron chi connectivity index (χ1n) is 6.32. The molecule has 7 heteroatoms. The lowest BCUT2D eigenvalue weighted by Gasteiger charge is -2.30. The van der Waals surface area contributed by atoms with Gasteiger partial charge in [-0.2, -0.15) is 17.5 Å². The van der Waals surface area contributed by atoms with E-state index in [0.29, 0.717) is 25.9 Å². The first-order chi connectivity index (χ1) is 9.21. The van der Waals surface area contributed by atoms with Gasteiger partial charge in [0.1, 0.15) is 0 Å². The molecule has 1 unspecified atom stereocenters. The summed E-state index contributed by atoms with van der Waals surface area (Å²) in [5.41, 5.74) is 0.974. The van der Waals surface area contributed by atoms with Crippen LogP contribution in [0.1, 0.15) is 19.3 Å². The SMILES string of the molecule is C=C1CCN(S(=O)(=O)C2=CC=CC(C(F)(F)F)C2)CC1. The van der Waals surface area contributed by atoms with Gasteiger partial charge in [-0.05, 0) is 25.3 Å². The average Bonchev–Trinajstić information content (AvgIpc) is 2.38. The van der Waals surface area contributed by atoms with Crippen molar-refractivity contribution < 1.29 is 21.6 Å². The Bertz CT molecular complexity index is 551. The smallest absolute Gasteiger partial charge is 0.207 e. The summed E-state index contributed by atoms with van der Waals surface area (Å²) in [6, 6.07) is 0. The van der Waals surface area contributed by atoms with Crippen molar-refractivity contribution in [2.45, 2.75) is 25.4 Å². The summed E-state index contributed by atoms with van der Waals surface area (Å²) in [5, 5.41) is 0. The first kappa shape index (κ1) is 15.3. The molecular formula is C13H16F3NO2S. The number of sulfonamides is 1. The van der Waals surface area contributed by atoms with Crippen LogP contribution in [0.15, 0.2) is 35.3 Å². The molecule has 2 aliphatic rings. The Morgan fingerprint density at radius 3 is 2.40 bits per heavy atom. The summed E-state index contributed by atoms with van der Waals surface area (Å²) in [5.74, 6) is -1.72. The number of piperidine rings is 1. The van der Waals surface area contributed by atoms with Crippen LogP contribution in [0.5, 0.6) is 0 Å². The van der Waals surface area contributed by atoms with Crippen LogP contribution in [0, 0.1) is 5.92 Å². The zero-order valence-corrected chi connectivity index (χ0v) is 11.7. The molecule has 2 rings (SSSR count). The highest BCUT2D eigenvalue weighted by atomic mass is 32.2. The molecule has 1 aliphatic heterocycles. The second-order valence-electron chi connectivity index (χ2n) is 5.02. The number of allylic oxidation sites excluding steroid dienone is 4. The van der Waals surface area contributed by atoms with Gasteiger partial charge in [0.05, 0.1) is 10.8 Å². The Hall–Kier alpha value is -1.08. The summed E-state index contributed by atoms with van der Waals surface area (Å²) in [6.07, 6.45) is -0.368. The van der Waals surface area contributed by atoms with Crippen molar-refractivity contribution in [2.75, 3.05) is 13.1 Å². The molecule has 0 saturated carbocycles. The van der Waals surface area contributed by atoms with Crippen LogP contribution in [0.2, 0.25) is 0 Å². The monoisotopic (exact) mass is 307 g/mol. The van der Waals surface area contributed by atoms with Gasteiger partial charge in [0.25, 0.3) is 0 Å². The van der Waals surface area contributed by atoms with E-state index in [2.05, 4.69) is 6.58 Å². The van der Waals surface area contributed by atoms with Gasteiger partial charge < -0.3 is 0 Å². The number of hydrogen-bond acceptors (Lipinski definition) is 2. The normalized spacial score (nSPS) is 25.6. The lowest BCUT2D eigenvalue weighted by Crippen LogP contribution is -2.38. The summed E-state index contributed by atoms with van der Waals surface area (Å²) in [6.45, 7) is 4.37. The highest BCUT2D eigenvalue weighted by molar-refractivity contribution is 7.93. The van der Waals surface area contributed by atoms with E-state index in [4.69, 9.17) is 0 Å². The second-order valence-corrected chi connectivity index (χ2v) is 7.02. The quantitative estimate of drug-likeness (QED) is 0.736. The zero-order chi connectivity index (χ0) is 15.0. The number of nitrogens with zero attached hydrogens (tertiary/aromatic N) is 1. The molecule has 0 aromatic heterocycles. The Balaban J connectivity index is 2.16. The van der Waals surface area contributed by atoms with Crippen molar-refractivity contribution in [1.29, 1.82) is 0 Å². The van der Waals surface area contributed by atoms with E-state index in [1.54, 1.807) is 0 Å². The van der Waals surface area contributed by atoms with Crippen LogP contribution >= 0.6 is 0 Å². The van der Waals surface area contributed by atoms with E-state index < -0.39 is 28.5 Å². The van der Waals surface area contributed by atoms with Crippen LogP contribution in [0.3, 0.4) is 0 Å². The molecule has 1 heterocycles. The number of alkyl halides is 3. The fourth-order valence-corrected chi connectivity index (χ4v) is 3.91. The maximum Gasteiger partial charge on any atom is 0.395 e. The molecule has 0 bridgehead atoms. The average molecular weight is 307 g/mol. The second kappa shape index (κ2) is 5.37. The lowest BCUT2D eigenvalue weighted by atomic mass is 10.0. The molecule has 1 fully saturated rings. The molecule has 0 aromatic carbocycles. The topological polar surface area (TPSA) is 37.4 Å². The van der Waals surface area contributed by atoms with Gasteiger partial charge in [-0.25, -0.2) is 8.42 Å².